The van der Waals surface area contributed by atoms with Crippen LogP contribution in [0.2, 0.25) is 0 Å². The lowest BCUT2D eigenvalue weighted by Crippen LogP contribution is -2.44. The molecule has 0 saturated heterocycles. The van der Waals surface area contributed by atoms with Gasteiger partial charge in [-0.3, -0.25) is 9.59 Å². The van der Waals surface area contributed by atoms with Gasteiger partial charge >= 0.3 is 5.97 Å². The van der Waals surface area contributed by atoms with Crippen LogP contribution in [-0.2, 0) is 4.79 Å². The molecule has 6 heteroatoms. The van der Waals surface area contributed by atoms with Crippen molar-refractivity contribution in [3.05, 3.63) is 23.8 Å². The van der Waals surface area contributed by atoms with E-state index in [0.717, 1.165) is 0 Å². The van der Waals surface area contributed by atoms with E-state index in [-0.39, 0.29) is 19.1 Å². The molecule has 6 nitrogen and oxygen atoms in total. The fourth-order valence-corrected chi connectivity index (χ4v) is 1.84. The number of rotatable bonds is 4. The van der Waals surface area contributed by atoms with E-state index in [1.54, 1.807) is 32.0 Å². The van der Waals surface area contributed by atoms with E-state index in [1.807, 2.05) is 0 Å². The molecule has 1 aliphatic heterocycles. The molecule has 0 bridgehead atoms. The van der Waals surface area contributed by atoms with Crippen LogP contribution in [0, 0.1) is 0 Å². The average Bonchev–Trinajstić information content (AvgIpc) is 2.72. The van der Waals surface area contributed by atoms with Crippen molar-refractivity contribution >= 4 is 11.9 Å². The SMILES string of the molecule is CC(C)(CC(=O)O)NC(=O)c1ccc2c(c1)OCO2. The second-order valence-corrected chi connectivity index (χ2v) is 4.98. The van der Waals surface area contributed by atoms with Crippen LogP contribution in [0.15, 0.2) is 18.2 Å². The zero-order valence-corrected chi connectivity index (χ0v) is 10.7. The van der Waals surface area contributed by atoms with E-state index in [2.05, 4.69) is 5.32 Å². The van der Waals surface area contributed by atoms with Crippen molar-refractivity contribution in [1.29, 1.82) is 0 Å². The van der Waals surface area contributed by atoms with Gasteiger partial charge in [0.25, 0.3) is 5.91 Å². The maximum atomic E-state index is 12.0. The van der Waals surface area contributed by atoms with Crippen molar-refractivity contribution < 1.29 is 24.2 Å². The van der Waals surface area contributed by atoms with Crippen molar-refractivity contribution in [2.75, 3.05) is 6.79 Å². The number of amides is 1. The van der Waals surface area contributed by atoms with Gasteiger partial charge in [0.15, 0.2) is 11.5 Å². The number of aliphatic carboxylic acids is 1. The number of carboxylic acid groups (broad SMARTS) is 1. The van der Waals surface area contributed by atoms with Gasteiger partial charge in [0.1, 0.15) is 0 Å². The third kappa shape index (κ3) is 3.15. The summed E-state index contributed by atoms with van der Waals surface area (Å²) in [4.78, 5) is 22.7. The van der Waals surface area contributed by atoms with E-state index < -0.39 is 11.5 Å². The van der Waals surface area contributed by atoms with E-state index in [1.165, 1.54) is 0 Å². The topological polar surface area (TPSA) is 84.9 Å². The quantitative estimate of drug-likeness (QED) is 0.859. The van der Waals surface area contributed by atoms with Gasteiger partial charge in [0.2, 0.25) is 6.79 Å². The Morgan fingerprint density at radius 2 is 2.00 bits per heavy atom. The van der Waals surface area contributed by atoms with E-state index in [0.29, 0.717) is 17.1 Å². The number of hydrogen-bond donors (Lipinski definition) is 2. The van der Waals surface area contributed by atoms with Gasteiger partial charge in [-0.25, -0.2) is 0 Å². The second-order valence-electron chi connectivity index (χ2n) is 4.98. The lowest BCUT2D eigenvalue weighted by molar-refractivity contribution is -0.138. The number of hydrogen-bond acceptors (Lipinski definition) is 4. The lowest BCUT2D eigenvalue weighted by Gasteiger charge is -2.24. The molecule has 0 fully saturated rings. The third-order valence-corrected chi connectivity index (χ3v) is 2.68. The van der Waals surface area contributed by atoms with Gasteiger partial charge in [0.05, 0.1) is 6.42 Å². The summed E-state index contributed by atoms with van der Waals surface area (Å²) in [6.45, 7) is 3.46. The smallest absolute Gasteiger partial charge is 0.305 e. The first kappa shape index (κ1) is 13.2. The number of carbonyl (C=O) groups excluding carboxylic acids is 1. The molecule has 0 spiro atoms. The Bertz CT molecular complexity index is 524. The summed E-state index contributed by atoms with van der Waals surface area (Å²) in [5.74, 6) is -0.189. The standard InChI is InChI=1S/C13H15NO5/c1-13(2,6-11(15)16)14-12(17)8-3-4-9-10(5-8)19-7-18-9/h3-5H,6-7H2,1-2H3,(H,14,17)(H,15,16). The van der Waals surface area contributed by atoms with Crippen LogP contribution in [0.4, 0.5) is 0 Å². The van der Waals surface area contributed by atoms with E-state index >= 15 is 0 Å². The zero-order valence-electron chi connectivity index (χ0n) is 10.7. The largest absolute Gasteiger partial charge is 0.481 e. The highest BCUT2D eigenvalue weighted by Gasteiger charge is 2.25. The van der Waals surface area contributed by atoms with Crippen LogP contribution in [0.3, 0.4) is 0 Å². The number of carboxylic acids is 1. The maximum Gasteiger partial charge on any atom is 0.305 e. The molecule has 0 saturated carbocycles. The van der Waals surface area contributed by atoms with Crippen molar-refractivity contribution in [2.45, 2.75) is 25.8 Å². The fourth-order valence-electron chi connectivity index (χ4n) is 1.84. The minimum atomic E-state index is -0.962. The van der Waals surface area contributed by atoms with Gasteiger partial charge < -0.3 is 19.9 Å². The molecule has 0 unspecified atom stereocenters. The monoisotopic (exact) mass is 265 g/mol. The van der Waals surface area contributed by atoms with Crippen LogP contribution < -0.4 is 14.8 Å². The molecule has 1 aliphatic rings. The first-order valence-electron chi connectivity index (χ1n) is 5.81. The van der Waals surface area contributed by atoms with Crippen LogP contribution in [0.5, 0.6) is 11.5 Å². The highest BCUT2D eigenvalue weighted by molar-refractivity contribution is 5.95. The summed E-state index contributed by atoms with van der Waals surface area (Å²) in [6, 6.07) is 4.84. The molecule has 1 amide bonds. The highest BCUT2D eigenvalue weighted by atomic mass is 16.7. The molecule has 1 aromatic carbocycles. The zero-order chi connectivity index (χ0) is 14.0. The van der Waals surface area contributed by atoms with Crippen molar-refractivity contribution in [3.63, 3.8) is 0 Å². The third-order valence-electron chi connectivity index (χ3n) is 2.68. The summed E-state index contributed by atoms with van der Waals surface area (Å²) in [5.41, 5.74) is -0.415. The van der Waals surface area contributed by atoms with Gasteiger partial charge in [0, 0.05) is 11.1 Å². The minimum Gasteiger partial charge on any atom is -0.481 e. The van der Waals surface area contributed by atoms with Gasteiger partial charge in [-0.05, 0) is 32.0 Å². The molecule has 1 heterocycles. The summed E-state index contributed by atoms with van der Waals surface area (Å²) < 4.78 is 10.3. The molecule has 2 N–H and O–H groups in total. The molecule has 0 atom stereocenters. The molecule has 2 rings (SSSR count). The molecule has 0 aliphatic carbocycles. The molecule has 19 heavy (non-hydrogen) atoms. The van der Waals surface area contributed by atoms with Gasteiger partial charge in [-0.2, -0.15) is 0 Å². The predicted octanol–water partition coefficient (Wildman–Crippen LogP) is 1.40. The predicted molar refractivity (Wildman–Crippen MR) is 66.4 cm³/mol. The Morgan fingerprint density at radius 3 is 2.68 bits per heavy atom. The van der Waals surface area contributed by atoms with Crippen LogP contribution in [0.1, 0.15) is 30.6 Å². The van der Waals surface area contributed by atoms with E-state index in [4.69, 9.17) is 14.6 Å². The normalized spacial score (nSPS) is 13.2. The molecule has 1 aromatic rings. The Morgan fingerprint density at radius 1 is 1.32 bits per heavy atom. The molecule has 0 radical (unpaired) electrons. The highest BCUT2D eigenvalue weighted by Crippen LogP contribution is 2.32. The first-order chi connectivity index (χ1) is 8.87. The number of benzene rings is 1. The number of ether oxygens (including phenoxy) is 2. The number of fused-ring (bicyclic) bond motifs is 1. The van der Waals surface area contributed by atoms with Crippen LogP contribution in [-0.4, -0.2) is 29.3 Å². The number of nitrogens with one attached hydrogen (secondary N) is 1. The van der Waals surface area contributed by atoms with E-state index in [9.17, 15) is 9.59 Å². The Labute approximate surface area is 110 Å². The van der Waals surface area contributed by atoms with Gasteiger partial charge in [-0.1, -0.05) is 0 Å². The Balaban J connectivity index is 2.10. The Hall–Kier alpha value is -2.24. The number of carbonyl (C=O) groups is 2. The molecule has 102 valence electrons. The average molecular weight is 265 g/mol. The second kappa shape index (κ2) is 4.79. The molecule has 0 aromatic heterocycles. The maximum absolute atomic E-state index is 12.0. The first-order valence-corrected chi connectivity index (χ1v) is 5.81. The fraction of sp³-hybridized carbons (Fsp3) is 0.385. The summed E-state index contributed by atoms with van der Waals surface area (Å²) >= 11 is 0. The van der Waals surface area contributed by atoms with Crippen molar-refractivity contribution in [2.24, 2.45) is 0 Å². The summed E-state index contributed by atoms with van der Waals surface area (Å²) in [6.07, 6.45) is -0.150. The van der Waals surface area contributed by atoms with Crippen LogP contribution >= 0.6 is 0 Å². The van der Waals surface area contributed by atoms with Gasteiger partial charge in [-0.15, -0.1) is 0 Å². The minimum absolute atomic E-state index is 0.144. The summed E-state index contributed by atoms with van der Waals surface area (Å²) in [5, 5.41) is 11.5. The van der Waals surface area contributed by atoms with Crippen molar-refractivity contribution in [1.82, 2.24) is 5.32 Å². The summed E-state index contributed by atoms with van der Waals surface area (Å²) in [7, 11) is 0. The molecular weight excluding hydrogens is 250 g/mol. The van der Waals surface area contributed by atoms with Crippen LogP contribution in [0.25, 0.3) is 0 Å². The lowest BCUT2D eigenvalue weighted by atomic mass is 10.00. The molecular formula is C13H15NO5. The van der Waals surface area contributed by atoms with Crippen molar-refractivity contribution in [3.8, 4) is 11.5 Å². The Kier molecular flexibility index (Phi) is 3.33.